The van der Waals surface area contributed by atoms with Crippen molar-refractivity contribution in [1.29, 1.82) is 0 Å². The third kappa shape index (κ3) is 4.64. The zero-order valence-corrected chi connectivity index (χ0v) is 12.0. The summed E-state index contributed by atoms with van der Waals surface area (Å²) in [6.07, 6.45) is -15.5. The van der Waals surface area contributed by atoms with Crippen LogP contribution in [0, 0.1) is 0 Å². The van der Waals surface area contributed by atoms with Gasteiger partial charge in [-0.05, 0) is 0 Å². The van der Waals surface area contributed by atoms with Gasteiger partial charge in [-0.3, -0.25) is 0 Å². The number of hydrogen-bond donors (Lipinski definition) is 8. The maximum atomic E-state index is 11.0. The second-order valence-corrected chi connectivity index (χ2v) is 5.17. The van der Waals surface area contributed by atoms with E-state index in [9.17, 15) is 35.4 Å². The van der Waals surface area contributed by atoms with Crippen molar-refractivity contribution < 1.29 is 55.1 Å². The number of aliphatic hydroxyl groups excluding tert-OH is 8. The first-order valence-corrected chi connectivity index (χ1v) is 6.84. The molecule has 0 aliphatic carbocycles. The molecule has 9 atom stereocenters. The first kappa shape index (κ1) is 20.3. The lowest BCUT2D eigenvalue weighted by atomic mass is 9.99. The molecule has 0 aromatic rings. The molecule has 11 nitrogen and oxygen atoms in total. The summed E-state index contributed by atoms with van der Waals surface area (Å²) in [5.41, 5.74) is 0. The molecule has 1 rings (SSSR count). The minimum atomic E-state index is -1.97. The highest BCUT2D eigenvalue weighted by Gasteiger charge is 2.46. The van der Waals surface area contributed by atoms with E-state index in [1.807, 2.05) is 0 Å². The molecular weight excluding hydrogens is 320 g/mol. The highest BCUT2D eigenvalue weighted by molar-refractivity contribution is 5.57. The Balaban J connectivity index is 2.79. The standard InChI is InChI=1S/C12H22O11/c13-1-4(16)7(17)8(18)5(2-14)22-12-11(21)10(20)9(19)6(3-15)23-12/h2,4-13,15-21H,1,3H2. The first-order valence-electron chi connectivity index (χ1n) is 6.84. The van der Waals surface area contributed by atoms with Gasteiger partial charge < -0.3 is 55.1 Å². The van der Waals surface area contributed by atoms with Crippen LogP contribution in [0.4, 0.5) is 0 Å². The van der Waals surface area contributed by atoms with Crippen LogP contribution in [0.2, 0.25) is 0 Å². The van der Waals surface area contributed by atoms with E-state index in [2.05, 4.69) is 0 Å². The predicted octanol–water partition coefficient (Wildman–Crippen LogP) is -5.55. The number of carbonyl (C=O) groups excluding carboxylic acids is 1. The number of aliphatic hydroxyl groups is 8. The van der Waals surface area contributed by atoms with Crippen molar-refractivity contribution in [3.63, 3.8) is 0 Å². The van der Waals surface area contributed by atoms with Gasteiger partial charge in [0.05, 0.1) is 13.2 Å². The Labute approximate surface area is 130 Å². The molecule has 1 aliphatic rings. The molecule has 0 bridgehead atoms. The monoisotopic (exact) mass is 342 g/mol. The van der Waals surface area contributed by atoms with E-state index in [-0.39, 0.29) is 6.29 Å². The number of rotatable bonds is 8. The summed E-state index contributed by atoms with van der Waals surface area (Å²) in [6, 6.07) is 0. The van der Waals surface area contributed by atoms with Crippen LogP contribution in [0.25, 0.3) is 0 Å². The Bertz CT molecular complexity index is 365. The number of aldehydes is 1. The van der Waals surface area contributed by atoms with Gasteiger partial charge >= 0.3 is 0 Å². The predicted molar refractivity (Wildman–Crippen MR) is 69.8 cm³/mol. The molecule has 11 heteroatoms. The fraction of sp³-hybridized carbons (Fsp3) is 0.917. The summed E-state index contributed by atoms with van der Waals surface area (Å²) in [5, 5.41) is 75.2. The number of ether oxygens (including phenoxy) is 2. The van der Waals surface area contributed by atoms with Crippen LogP contribution >= 0.6 is 0 Å². The molecule has 0 saturated carbocycles. The van der Waals surface area contributed by atoms with E-state index in [1.54, 1.807) is 0 Å². The van der Waals surface area contributed by atoms with E-state index in [0.29, 0.717) is 0 Å². The molecule has 0 aromatic carbocycles. The highest BCUT2D eigenvalue weighted by Crippen LogP contribution is 2.23. The van der Waals surface area contributed by atoms with Gasteiger partial charge in [0.1, 0.15) is 48.8 Å². The van der Waals surface area contributed by atoms with Crippen LogP contribution in [-0.4, -0.2) is 115 Å². The molecule has 136 valence electrons. The summed E-state index contributed by atoms with van der Waals surface area (Å²) < 4.78 is 9.94. The molecule has 1 saturated heterocycles. The third-order valence-electron chi connectivity index (χ3n) is 3.54. The van der Waals surface area contributed by atoms with Gasteiger partial charge in [0, 0.05) is 0 Å². The van der Waals surface area contributed by atoms with Gasteiger partial charge in [0.2, 0.25) is 0 Å². The van der Waals surface area contributed by atoms with Crippen molar-refractivity contribution >= 4 is 6.29 Å². The fourth-order valence-corrected chi connectivity index (χ4v) is 2.06. The molecule has 0 spiro atoms. The maximum Gasteiger partial charge on any atom is 0.187 e. The Morgan fingerprint density at radius 3 is 2.09 bits per heavy atom. The second kappa shape index (κ2) is 8.94. The summed E-state index contributed by atoms with van der Waals surface area (Å²) in [5.74, 6) is 0. The summed E-state index contributed by atoms with van der Waals surface area (Å²) in [7, 11) is 0. The molecule has 1 fully saturated rings. The van der Waals surface area contributed by atoms with E-state index >= 15 is 0 Å². The lowest BCUT2D eigenvalue weighted by Crippen LogP contribution is -2.60. The Morgan fingerprint density at radius 1 is 1.00 bits per heavy atom. The molecule has 1 aliphatic heterocycles. The zero-order chi connectivity index (χ0) is 17.7. The Hall–Kier alpha value is -0.730. The fourth-order valence-electron chi connectivity index (χ4n) is 2.06. The first-order chi connectivity index (χ1) is 10.8. The van der Waals surface area contributed by atoms with Crippen LogP contribution in [0.3, 0.4) is 0 Å². The quantitative estimate of drug-likeness (QED) is 0.196. The molecule has 0 radical (unpaired) electrons. The van der Waals surface area contributed by atoms with Crippen molar-refractivity contribution in [3.05, 3.63) is 0 Å². The van der Waals surface area contributed by atoms with Gasteiger partial charge in [-0.2, -0.15) is 0 Å². The van der Waals surface area contributed by atoms with E-state index in [0.717, 1.165) is 0 Å². The van der Waals surface area contributed by atoms with Crippen molar-refractivity contribution in [2.75, 3.05) is 13.2 Å². The van der Waals surface area contributed by atoms with Crippen LogP contribution in [0.5, 0.6) is 0 Å². The molecule has 23 heavy (non-hydrogen) atoms. The summed E-state index contributed by atoms with van der Waals surface area (Å²) in [6.45, 7) is -1.60. The Kier molecular flexibility index (Phi) is 7.89. The average Bonchev–Trinajstić information content (AvgIpc) is 2.57. The third-order valence-corrected chi connectivity index (χ3v) is 3.54. The van der Waals surface area contributed by atoms with Crippen molar-refractivity contribution in [3.8, 4) is 0 Å². The molecule has 9 unspecified atom stereocenters. The highest BCUT2D eigenvalue weighted by atomic mass is 16.7. The largest absolute Gasteiger partial charge is 0.394 e. The van der Waals surface area contributed by atoms with Crippen molar-refractivity contribution in [2.45, 2.75) is 55.1 Å². The van der Waals surface area contributed by atoms with E-state index in [4.69, 9.17) is 19.7 Å². The van der Waals surface area contributed by atoms with Gasteiger partial charge in [-0.1, -0.05) is 0 Å². The summed E-state index contributed by atoms with van der Waals surface area (Å²) in [4.78, 5) is 11.0. The SMILES string of the molecule is O=CC(OC1OC(CO)C(O)C(O)C1O)C(O)C(O)C(O)CO. The minimum absolute atomic E-state index is 0.0550. The molecule has 0 aromatic heterocycles. The smallest absolute Gasteiger partial charge is 0.187 e. The zero-order valence-electron chi connectivity index (χ0n) is 12.0. The van der Waals surface area contributed by atoms with E-state index in [1.165, 1.54) is 0 Å². The van der Waals surface area contributed by atoms with Gasteiger partial charge in [0.25, 0.3) is 0 Å². The van der Waals surface area contributed by atoms with Gasteiger partial charge in [-0.25, -0.2) is 0 Å². The number of hydrogen-bond acceptors (Lipinski definition) is 11. The average molecular weight is 342 g/mol. The van der Waals surface area contributed by atoms with Crippen LogP contribution in [0.1, 0.15) is 0 Å². The maximum absolute atomic E-state index is 11.0. The number of carbonyl (C=O) groups is 1. The van der Waals surface area contributed by atoms with Crippen molar-refractivity contribution in [1.82, 2.24) is 0 Å². The molecule has 8 N–H and O–H groups in total. The minimum Gasteiger partial charge on any atom is -0.394 e. The van der Waals surface area contributed by atoms with Crippen LogP contribution in [-0.2, 0) is 14.3 Å². The lowest BCUT2D eigenvalue weighted by molar-refractivity contribution is -0.315. The molecule has 0 amide bonds. The van der Waals surface area contributed by atoms with Gasteiger partial charge in [-0.15, -0.1) is 0 Å². The second-order valence-electron chi connectivity index (χ2n) is 5.17. The topological polar surface area (TPSA) is 197 Å². The Morgan fingerprint density at radius 2 is 1.61 bits per heavy atom. The molecular formula is C12H22O11. The summed E-state index contributed by atoms with van der Waals surface area (Å²) >= 11 is 0. The van der Waals surface area contributed by atoms with Crippen LogP contribution < -0.4 is 0 Å². The van der Waals surface area contributed by atoms with Gasteiger partial charge in [0.15, 0.2) is 12.6 Å². The van der Waals surface area contributed by atoms with E-state index < -0.39 is 68.3 Å². The normalized spacial score (nSPS) is 37.0. The van der Waals surface area contributed by atoms with Crippen molar-refractivity contribution in [2.24, 2.45) is 0 Å². The lowest BCUT2D eigenvalue weighted by Gasteiger charge is -2.41. The molecule has 1 heterocycles. The van der Waals surface area contributed by atoms with Crippen LogP contribution in [0.15, 0.2) is 0 Å².